The Balaban J connectivity index is 2.06. The van der Waals surface area contributed by atoms with Gasteiger partial charge in [-0.3, -0.25) is 15.1 Å². The van der Waals surface area contributed by atoms with E-state index in [2.05, 4.69) is 20.6 Å². The SMILES string of the molecule is CNC(C)c1csc(NC(=O)c2ccncc2)n1. The fourth-order valence-electron chi connectivity index (χ4n) is 1.36. The number of pyridine rings is 1. The first-order valence-electron chi connectivity index (χ1n) is 5.54. The summed E-state index contributed by atoms with van der Waals surface area (Å²) in [7, 11) is 1.87. The van der Waals surface area contributed by atoms with Crippen LogP contribution < -0.4 is 10.6 Å². The van der Waals surface area contributed by atoms with Crippen LogP contribution in [0.25, 0.3) is 0 Å². The number of aromatic nitrogens is 2. The highest BCUT2D eigenvalue weighted by atomic mass is 32.1. The third-order valence-corrected chi connectivity index (χ3v) is 3.34. The van der Waals surface area contributed by atoms with Crippen molar-refractivity contribution in [2.24, 2.45) is 0 Å². The molecule has 0 fully saturated rings. The molecule has 0 radical (unpaired) electrons. The number of amides is 1. The van der Waals surface area contributed by atoms with Gasteiger partial charge in [0.2, 0.25) is 0 Å². The van der Waals surface area contributed by atoms with Gasteiger partial charge in [-0.1, -0.05) is 0 Å². The van der Waals surface area contributed by atoms with Crippen LogP contribution in [0.3, 0.4) is 0 Å². The van der Waals surface area contributed by atoms with Crippen molar-refractivity contribution in [1.82, 2.24) is 15.3 Å². The average molecular weight is 262 g/mol. The number of rotatable bonds is 4. The van der Waals surface area contributed by atoms with Crippen LogP contribution in [0.5, 0.6) is 0 Å². The molecule has 1 unspecified atom stereocenters. The summed E-state index contributed by atoms with van der Waals surface area (Å²) >= 11 is 1.42. The lowest BCUT2D eigenvalue weighted by Crippen LogP contribution is -2.14. The molecule has 18 heavy (non-hydrogen) atoms. The Morgan fingerprint density at radius 1 is 1.39 bits per heavy atom. The second-order valence-corrected chi connectivity index (χ2v) is 4.64. The van der Waals surface area contributed by atoms with Crippen molar-refractivity contribution >= 4 is 22.4 Å². The predicted octanol–water partition coefficient (Wildman–Crippen LogP) is 2.07. The molecule has 0 aliphatic heterocycles. The Morgan fingerprint density at radius 2 is 2.11 bits per heavy atom. The van der Waals surface area contributed by atoms with E-state index in [1.807, 2.05) is 19.4 Å². The number of hydrogen-bond donors (Lipinski definition) is 2. The average Bonchev–Trinajstić information content (AvgIpc) is 2.87. The van der Waals surface area contributed by atoms with Crippen molar-refractivity contribution in [3.8, 4) is 0 Å². The maximum absolute atomic E-state index is 11.9. The lowest BCUT2D eigenvalue weighted by Gasteiger charge is -2.05. The zero-order valence-electron chi connectivity index (χ0n) is 10.2. The number of hydrogen-bond acceptors (Lipinski definition) is 5. The number of carbonyl (C=O) groups is 1. The van der Waals surface area contributed by atoms with Gasteiger partial charge in [0.05, 0.1) is 5.69 Å². The van der Waals surface area contributed by atoms with E-state index in [0.717, 1.165) is 5.69 Å². The number of nitrogens with one attached hydrogen (secondary N) is 2. The molecule has 6 heteroatoms. The van der Waals surface area contributed by atoms with Crippen LogP contribution in [-0.4, -0.2) is 22.9 Å². The zero-order chi connectivity index (χ0) is 13.0. The monoisotopic (exact) mass is 262 g/mol. The van der Waals surface area contributed by atoms with Crippen LogP contribution in [0.2, 0.25) is 0 Å². The van der Waals surface area contributed by atoms with Gasteiger partial charge in [0.1, 0.15) is 0 Å². The van der Waals surface area contributed by atoms with E-state index >= 15 is 0 Å². The minimum atomic E-state index is -0.171. The van der Waals surface area contributed by atoms with Gasteiger partial charge in [-0.15, -0.1) is 11.3 Å². The molecule has 0 saturated heterocycles. The van der Waals surface area contributed by atoms with Gasteiger partial charge in [0.25, 0.3) is 5.91 Å². The quantitative estimate of drug-likeness (QED) is 0.885. The molecule has 0 aromatic carbocycles. The van der Waals surface area contributed by atoms with Crippen molar-refractivity contribution < 1.29 is 4.79 Å². The molecular weight excluding hydrogens is 248 g/mol. The standard InChI is InChI=1S/C12H14N4OS/c1-8(13-2)10-7-18-12(15-10)16-11(17)9-3-5-14-6-4-9/h3-8,13H,1-2H3,(H,15,16,17). The molecule has 0 spiro atoms. The molecule has 5 nitrogen and oxygen atoms in total. The Hall–Kier alpha value is -1.79. The number of nitrogens with zero attached hydrogens (tertiary/aromatic N) is 2. The van der Waals surface area contributed by atoms with E-state index in [1.165, 1.54) is 11.3 Å². The molecule has 1 atom stereocenters. The second-order valence-electron chi connectivity index (χ2n) is 3.78. The van der Waals surface area contributed by atoms with Crippen molar-refractivity contribution in [2.75, 3.05) is 12.4 Å². The van der Waals surface area contributed by atoms with Crippen LogP contribution >= 0.6 is 11.3 Å². The largest absolute Gasteiger partial charge is 0.312 e. The van der Waals surface area contributed by atoms with E-state index < -0.39 is 0 Å². The maximum Gasteiger partial charge on any atom is 0.257 e. The Labute approximate surface area is 109 Å². The molecule has 0 aliphatic carbocycles. The van der Waals surface area contributed by atoms with Gasteiger partial charge in [-0.05, 0) is 26.1 Å². The van der Waals surface area contributed by atoms with Gasteiger partial charge < -0.3 is 5.32 Å². The number of anilines is 1. The first kappa shape index (κ1) is 12.7. The van der Waals surface area contributed by atoms with E-state index in [4.69, 9.17) is 0 Å². The normalized spacial score (nSPS) is 12.1. The van der Waals surface area contributed by atoms with Crippen molar-refractivity contribution in [2.45, 2.75) is 13.0 Å². The Bertz CT molecular complexity index is 526. The molecule has 2 aromatic heterocycles. The second kappa shape index (κ2) is 5.70. The van der Waals surface area contributed by atoms with Crippen molar-refractivity contribution in [3.63, 3.8) is 0 Å². The lowest BCUT2D eigenvalue weighted by molar-refractivity contribution is 0.102. The third-order valence-electron chi connectivity index (χ3n) is 2.56. The van der Waals surface area contributed by atoms with Gasteiger partial charge in [-0.25, -0.2) is 4.98 Å². The van der Waals surface area contributed by atoms with E-state index in [1.54, 1.807) is 24.5 Å². The molecule has 2 rings (SSSR count). The van der Waals surface area contributed by atoms with Crippen LogP contribution in [0, 0.1) is 0 Å². The van der Waals surface area contributed by atoms with Gasteiger partial charge in [-0.2, -0.15) is 0 Å². The summed E-state index contributed by atoms with van der Waals surface area (Å²) in [5, 5.41) is 8.41. The molecule has 1 amide bonds. The molecule has 0 aliphatic rings. The smallest absolute Gasteiger partial charge is 0.257 e. The summed E-state index contributed by atoms with van der Waals surface area (Å²) in [6.07, 6.45) is 3.18. The fraction of sp³-hybridized carbons (Fsp3) is 0.250. The summed E-state index contributed by atoms with van der Waals surface area (Å²) in [4.78, 5) is 20.1. The van der Waals surface area contributed by atoms with Crippen LogP contribution in [0.4, 0.5) is 5.13 Å². The minimum Gasteiger partial charge on any atom is -0.312 e. The zero-order valence-corrected chi connectivity index (χ0v) is 11.0. The topological polar surface area (TPSA) is 66.9 Å². The maximum atomic E-state index is 11.9. The molecule has 2 N–H and O–H groups in total. The molecular formula is C12H14N4OS. The van der Waals surface area contributed by atoms with Crippen LogP contribution in [0.15, 0.2) is 29.9 Å². The number of thiazole rings is 1. The first-order chi connectivity index (χ1) is 8.70. The molecule has 2 heterocycles. The van der Waals surface area contributed by atoms with Crippen LogP contribution in [0.1, 0.15) is 29.0 Å². The summed E-state index contributed by atoms with van der Waals surface area (Å²) in [5.41, 5.74) is 1.50. The third kappa shape index (κ3) is 2.91. The van der Waals surface area contributed by atoms with E-state index in [9.17, 15) is 4.79 Å². The molecule has 94 valence electrons. The summed E-state index contributed by atoms with van der Waals surface area (Å²) in [5.74, 6) is -0.171. The highest BCUT2D eigenvalue weighted by molar-refractivity contribution is 7.14. The van der Waals surface area contributed by atoms with Crippen molar-refractivity contribution in [1.29, 1.82) is 0 Å². The van der Waals surface area contributed by atoms with E-state index in [-0.39, 0.29) is 11.9 Å². The molecule has 0 saturated carbocycles. The highest BCUT2D eigenvalue weighted by Crippen LogP contribution is 2.20. The van der Waals surface area contributed by atoms with E-state index in [0.29, 0.717) is 10.7 Å². The van der Waals surface area contributed by atoms with Gasteiger partial charge in [0.15, 0.2) is 5.13 Å². The fourth-order valence-corrected chi connectivity index (χ4v) is 2.16. The first-order valence-corrected chi connectivity index (χ1v) is 6.42. The van der Waals surface area contributed by atoms with Gasteiger partial charge >= 0.3 is 0 Å². The lowest BCUT2D eigenvalue weighted by atomic mass is 10.2. The summed E-state index contributed by atoms with van der Waals surface area (Å²) in [6, 6.07) is 3.51. The molecule has 2 aromatic rings. The predicted molar refractivity (Wildman–Crippen MR) is 71.8 cm³/mol. The Morgan fingerprint density at radius 3 is 2.78 bits per heavy atom. The van der Waals surface area contributed by atoms with Crippen LogP contribution in [-0.2, 0) is 0 Å². The molecule has 0 bridgehead atoms. The van der Waals surface area contributed by atoms with Crippen molar-refractivity contribution in [3.05, 3.63) is 41.2 Å². The summed E-state index contributed by atoms with van der Waals surface area (Å²) < 4.78 is 0. The highest BCUT2D eigenvalue weighted by Gasteiger charge is 2.11. The Kier molecular flexibility index (Phi) is 4.01. The van der Waals surface area contributed by atoms with Gasteiger partial charge in [0, 0.05) is 29.4 Å². The number of carbonyl (C=O) groups excluding carboxylic acids is 1. The minimum absolute atomic E-state index is 0.171. The summed E-state index contributed by atoms with van der Waals surface area (Å²) in [6.45, 7) is 2.02.